The fraction of sp³-hybridized carbons (Fsp3) is 0.294. The van der Waals surface area contributed by atoms with Gasteiger partial charge in [-0.25, -0.2) is 4.39 Å². The van der Waals surface area contributed by atoms with Gasteiger partial charge >= 0.3 is 0 Å². The van der Waals surface area contributed by atoms with Crippen LogP contribution in [0.5, 0.6) is 5.75 Å². The van der Waals surface area contributed by atoms with Crippen LogP contribution < -0.4 is 10.1 Å². The highest BCUT2D eigenvalue weighted by atomic mass is 19.1. The van der Waals surface area contributed by atoms with E-state index in [-0.39, 0.29) is 11.9 Å². The average molecular weight is 273 g/mol. The molecule has 0 aromatic heterocycles. The number of hydrogen-bond donors (Lipinski definition) is 1. The Morgan fingerprint density at radius 1 is 1.15 bits per heavy atom. The number of benzene rings is 2. The van der Waals surface area contributed by atoms with Crippen LogP contribution in [-0.4, -0.2) is 13.7 Å². The molecule has 2 nitrogen and oxygen atoms in total. The molecule has 20 heavy (non-hydrogen) atoms. The van der Waals surface area contributed by atoms with E-state index in [2.05, 4.69) is 25.2 Å². The molecule has 0 radical (unpaired) electrons. The maximum absolute atomic E-state index is 13.6. The first kappa shape index (κ1) is 14.5. The Morgan fingerprint density at radius 3 is 2.60 bits per heavy atom. The van der Waals surface area contributed by atoms with Gasteiger partial charge in [0.2, 0.25) is 0 Å². The fourth-order valence-electron chi connectivity index (χ4n) is 2.43. The van der Waals surface area contributed by atoms with Gasteiger partial charge in [-0.3, -0.25) is 0 Å². The minimum absolute atomic E-state index is 0.198. The van der Waals surface area contributed by atoms with Crippen molar-refractivity contribution in [1.29, 1.82) is 0 Å². The SMILES string of the molecule is CCNC(C)c1ccccc1-c1cc(F)ccc1OC. The maximum Gasteiger partial charge on any atom is 0.126 e. The summed E-state index contributed by atoms with van der Waals surface area (Å²) in [4.78, 5) is 0. The Balaban J connectivity index is 2.55. The highest BCUT2D eigenvalue weighted by molar-refractivity contribution is 5.74. The third kappa shape index (κ3) is 2.99. The summed E-state index contributed by atoms with van der Waals surface area (Å²) in [6, 6.07) is 12.8. The molecule has 0 saturated heterocycles. The van der Waals surface area contributed by atoms with Crippen molar-refractivity contribution in [2.45, 2.75) is 19.9 Å². The molecule has 2 rings (SSSR count). The lowest BCUT2D eigenvalue weighted by Crippen LogP contribution is -2.18. The number of halogens is 1. The quantitative estimate of drug-likeness (QED) is 0.882. The van der Waals surface area contributed by atoms with Gasteiger partial charge in [0, 0.05) is 11.6 Å². The molecular formula is C17H20FNO. The van der Waals surface area contributed by atoms with E-state index in [9.17, 15) is 4.39 Å². The van der Waals surface area contributed by atoms with Crippen molar-refractivity contribution in [2.24, 2.45) is 0 Å². The van der Waals surface area contributed by atoms with Crippen LogP contribution in [0.2, 0.25) is 0 Å². The minimum atomic E-state index is -0.258. The summed E-state index contributed by atoms with van der Waals surface area (Å²) in [5.74, 6) is 0.425. The zero-order valence-corrected chi connectivity index (χ0v) is 12.1. The van der Waals surface area contributed by atoms with Crippen molar-refractivity contribution < 1.29 is 9.13 Å². The molecule has 0 fully saturated rings. The van der Waals surface area contributed by atoms with Crippen LogP contribution in [0.4, 0.5) is 4.39 Å². The number of ether oxygens (including phenoxy) is 1. The molecule has 3 heteroatoms. The highest BCUT2D eigenvalue weighted by Gasteiger charge is 2.14. The van der Waals surface area contributed by atoms with E-state index in [1.807, 2.05) is 18.2 Å². The van der Waals surface area contributed by atoms with Crippen molar-refractivity contribution in [3.8, 4) is 16.9 Å². The second-order valence-electron chi connectivity index (χ2n) is 4.71. The molecule has 0 aliphatic rings. The largest absolute Gasteiger partial charge is 0.496 e. The first-order valence-corrected chi connectivity index (χ1v) is 6.83. The zero-order valence-electron chi connectivity index (χ0n) is 12.1. The zero-order chi connectivity index (χ0) is 14.5. The number of methoxy groups -OCH3 is 1. The van der Waals surface area contributed by atoms with Crippen LogP contribution in [0.25, 0.3) is 11.1 Å². The van der Waals surface area contributed by atoms with E-state index >= 15 is 0 Å². The van der Waals surface area contributed by atoms with E-state index < -0.39 is 0 Å². The van der Waals surface area contributed by atoms with Crippen LogP contribution in [0.1, 0.15) is 25.5 Å². The van der Waals surface area contributed by atoms with Gasteiger partial charge in [-0.2, -0.15) is 0 Å². The van der Waals surface area contributed by atoms with Crippen LogP contribution in [0.3, 0.4) is 0 Å². The summed E-state index contributed by atoms with van der Waals surface area (Å²) >= 11 is 0. The first-order valence-electron chi connectivity index (χ1n) is 6.83. The molecule has 0 aliphatic carbocycles. The third-order valence-electron chi connectivity index (χ3n) is 3.39. The molecule has 0 spiro atoms. The number of hydrogen-bond acceptors (Lipinski definition) is 2. The molecule has 1 atom stereocenters. The fourth-order valence-corrected chi connectivity index (χ4v) is 2.43. The summed E-state index contributed by atoms with van der Waals surface area (Å²) in [5.41, 5.74) is 2.92. The van der Waals surface area contributed by atoms with E-state index in [4.69, 9.17) is 4.74 Å². The van der Waals surface area contributed by atoms with Gasteiger partial charge in [-0.1, -0.05) is 31.2 Å². The first-order chi connectivity index (χ1) is 9.67. The topological polar surface area (TPSA) is 21.3 Å². The molecule has 0 saturated carbocycles. The predicted molar refractivity (Wildman–Crippen MR) is 80.5 cm³/mol. The van der Waals surface area contributed by atoms with Crippen molar-refractivity contribution in [1.82, 2.24) is 5.32 Å². The second kappa shape index (κ2) is 6.53. The van der Waals surface area contributed by atoms with E-state index in [1.54, 1.807) is 13.2 Å². The van der Waals surface area contributed by atoms with E-state index in [0.717, 1.165) is 23.2 Å². The summed E-state index contributed by atoms with van der Waals surface area (Å²) in [6.07, 6.45) is 0. The molecule has 0 amide bonds. The minimum Gasteiger partial charge on any atom is -0.496 e. The lowest BCUT2D eigenvalue weighted by atomic mass is 9.95. The van der Waals surface area contributed by atoms with Crippen molar-refractivity contribution in [3.63, 3.8) is 0 Å². The Bertz CT molecular complexity index is 583. The van der Waals surface area contributed by atoms with Crippen molar-refractivity contribution in [2.75, 3.05) is 13.7 Å². The normalized spacial score (nSPS) is 12.2. The van der Waals surface area contributed by atoms with E-state index in [1.165, 1.54) is 12.1 Å². The molecule has 2 aromatic rings. The molecule has 106 valence electrons. The molecule has 0 aliphatic heterocycles. The van der Waals surface area contributed by atoms with Gasteiger partial charge in [-0.15, -0.1) is 0 Å². The molecule has 0 bridgehead atoms. The summed E-state index contributed by atoms with van der Waals surface area (Å²) < 4.78 is 18.9. The molecule has 1 N–H and O–H groups in total. The monoisotopic (exact) mass is 273 g/mol. The Hall–Kier alpha value is -1.87. The van der Waals surface area contributed by atoms with Crippen LogP contribution in [0, 0.1) is 5.82 Å². The van der Waals surface area contributed by atoms with Crippen LogP contribution >= 0.6 is 0 Å². The van der Waals surface area contributed by atoms with Crippen molar-refractivity contribution >= 4 is 0 Å². The van der Waals surface area contributed by atoms with Crippen LogP contribution in [0.15, 0.2) is 42.5 Å². The average Bonchev–Trinajstić information content (AvgIpc) is 2.47. The third-order valence-corrected chi connectivity index (χ3v) is 3.39. The smallest absolute Gasteiger partial charge is 0.126 e. The van der Waals surface area contributed by atoms with E-state index in [0.29, 0.717) is 5.75 Å². The molecule has 2 aromatic carbocycles. The van der Waals surface area contributed by atoms with Crippen molar-refractivity contribution in [3.05, 3.63) is 53.8 Å². The molecule has 0 heterocycles. The Morgan fingerprint density at radius 2 is 1.90 bits per heavy atom. The van der Waals surface area contributed by atoms with Gasteiger partial charge < -0.3 is 10.1 Å². The summed E-state index contributed by atoms with van der Waals surface area (Å²) in [5, 5.41) is 3.39. The molecule has 1 unspecified atom stereocenters. The Kier molecular flexibility index (Phi) is 4.74. The molecular weight excluding hydrogens is 253 g/mol. The van der Waals surface area contributed by atoms with Gasteiger partial charge in [-0.05, 0) is 42.8 Å². The van der Waals surface area contributed by atoms with Gasteiger partial charge in [0.15, 0.2) is 0 Å². The Labute approximate surface area is 119 Å². The standard InChI is InChI=1S/C17H20FNO/c1-4-19-12(2)14-7-5-6-8-15(14)16-11-13(18)9-10-17(16)20-3/h5-12,19H,4H2,1-3H3. The predicted octanol–water partition coefficient (Wildman–Crippen LogP) is 4.17. The summed E-state index contributed by atoms with van der Waals surface area (Å²) in [6.45, 7) is 5.06. The number of nitrogens with one attached hydrogen (secondary N) is 1. The van der Waals surface area contributed by atoms with Gasteiger partial charge in [0.05, 0.1) is 7.11 Å². The lowest BCUT2D eigenvalue weighted by Gasteiger charge is -2.18. The van der Waals surface area contributed by atoms with Gasteiger partial charge in [0.1, 0.15) is 11.6 Å². The van der Waals surface area contributed by atoms with Crippen LogP contribution in [-0.2, 0) is 0 Å². The highest BCUT2D eigenvalue weighted by Crippen LogP contribution is 2.35. The summed E-state index contributed by atoms with van der Waals surface area (Å²) in [7, 11) is 1.60. The van der Waals surface area contributed by atoms with Gasteiger partial charge in [0.25, 0.3) is 0 Å². The maximum atomic E-state index is 13.6. The lowest BCUT2D eigenvalue weighted by molar-refractivity contribution is 0.415. The second-order valence-corrected chi connectivity index (χ2v) is 4.71. The number of rotatable bonds is 5.